The molecule has 0 spiro atoms. The molecule has 0 atom stereocenters. The van der Waals surface area contributed by atoms with Crippen LogP contribution in [0.4, 0.5) is 4.39 Å². The highest BCUT2D eigenvalue weighted by atomic mass is 35.5. The molecule has 4 nitrogen and oxygen atoms in total. The lowest BCUT2D eigenvalue weighted by atomic mass is 9.88. The number of amides is 2. The van der Waals surface area contributed by atoms with Crippen molar-refractivity contribution in [2.45, 2.75) is 38.5 Å². The molecule has 1 aromatic rings. The molecule has 136 valence electrons. The molecule has 25 heavy (non-hydrogen) atoms. The van der Waals surface area contributed by atoms with E-state index in [1.807, 2.05) is 4.90 Å². The number of hydrogen-bond donors (Lipinski definition) is 0. The molecule has 3 rings (SSSR count). The molecule has 0 radical (unpaired) electrons. The third-order valence-corrected chi connectivity index (χ3v) is 5.44. The van der Waals surface area contributed by atoms with Crippen LogP contribution in [0.2, 0.25) is 5.02 Å². The smallest absolute Gasteiger partial charge is 0.256 e. The number of carbonyl (C=O) groups is 2. The van der Waals surface area contributed by atoms with E-state index in [-0.39, 0.29) is 23.3 Å². The first-order chi connectivity index (χ1) is 12.1. The highest BCUT2D eigenvalue weighted by molar-refractivity contribution is 6.31. The van der Waals surface area contributed by atoms with Crippen molar-refractivity contribution >= 4 is 23.4 Å². The lowest BCUT2D eigenvalue weighted by Gasteiger charge is -2.28. The third kappa shape index (κ3) is 4.32. The molecule has 1 aliphatic carbocycles. The zero-order valence-electron chi connectivity index (χ0n) is 14.3. The van der Waals surface area contributed by atoms with Crippen molar-refractivity contribution in [2.24, 2.45) is 5.92 Å². The van der Waals surface area contributed by atoms with Gasteiger partial charge in [0.25, 0.3) is 5.91 Å². The van der Waals surface area contributed by atoms with E-state index in [1.54, 1.807) is 4.90 Å². The second-order valence-electron chi connectivity index (χ2n) is 6.93. The van der Waals surface area contributed by atoms with E-state index in [0.717, 1.165) is 25.7 Å². The van der Waals surface area contributed by atoms with Crippen molar-refractivity contribution in [2.75, 3.05) is 26.2 Å². The van der Waals surface area contributed by atoms with Gasteiger partial charge in [-0.3, -0.25) is 9.59 Å². The Morgan fingerprint density at radius 1 is 0.960 bits per heavy atom. The fourth-order valence-corrected chi connectivity index (χ4v) is 3.95. The molecule has 1 saturated carbocycles. The number of rotatable bonds is 2. The van der Waals surface area contributed by atoms with Crippen molar-refractivity contribution in [1.29, 1.82) is 0 Å². The van der Waals surface area contributed by atoms with Crippen LogP contribution in [0.25, 0.3) is 0 Å². The Morgan fingerprint density at radius 2 is 1.64 bits per heavy atom. The minimum atomic E-state index is -0.561. The average Bonchev–Trinajstić information content (AvgIpc) is 2.89. The summed E-state index contributed by atoms with van der Waals surface area (Å²) in [6.45, 7) is 2.14. The first-order valence-corrected chi connectivity index (χ1v) is 9.47. The van der Waals surface area contributed by atoms with E-state index < -0.39 is 5.82 Å². The largest absolute Gasteiger partial charge is 0.341 e. The van der Waals surface area contributed by atoms with Gasteiger partial charge >= 0.3 is 0 Å². The predicted molar refractivity (Wildman–Crippen MR) is 95.1 cm³/mol. The lowest BCUT2D eigenvalue weighted by molar-refractivity contribution is -0.136. The summed E-state index contributed by atoms with van der Waals surface area (Å²) in [6.07, 6.45) is 6.15. The molecule has 0 aromatic heterocycles. The standard InChI is InChI=1S/C19H24ClFN2O2/c20-15-7-8-17(21)16(13-15)19(25)23-10-4-9-22(11-12-23)18(24)14-5-2-1-3-6-14/h7-8,13-14H,1-6,9-12H2. The predicted octanol–water partition coefficient (Wildman–Crippen LogP) is 3.73. The van der Waals surface area contributed by atoms with E-state index >= 15 is 0 Å². The molecule has 2 aliphatic rings. The van der Waals surface area contributed by atoms with Gasteiger partial charge in [-0.05, 0) is 37.5 Å². The molecule has 0 unspecified atom stereocenters. The topological polar surface area (TPSA) is 40.6 Å². The third-order valence-electron chi connectivity index (χ3n) is 5.21. The van der Waals surface area contributed by atoms with E-state index in [9.17, 15) is 14.0 Å². The Morgan fingerprint density at radius 3 is 2.40 bits per heavy atom. The fraction of sp³-hybridized carbons (Fsp3) is 0.579. The normalized spacial score (nSPS) is 19.6. The number of hydrogen-bond acceptors (Lipinski definition) is 2. The van der Waals surface area contributed by atoms with Crippen LogP contribution in [0.15, 0.2) is 18.2 Å². The van der Waals surface area contributed by atoms with E-state index in [2.05, 4.69) is 0 Å². The molecule has 6 heteroatoms. The van der Waals surface area contributed by atoms with Crippen LogP contribution in [0.3, 0.4) is 0 Å². The maximum absolute atomic E-state index is 14.0. The summed E-state index contributed by atoms with van der Waals surface area (Å²) in [4.78, 5) is 28.8. The van der Waals surface area contributed by atoms with E-state index in [4.69, 9.17) is 11.6 Å². The molecule has 2 fully saturated rings. The Bertz CT molecular complexity index is 646. The Hall–Kier alpha value is -1.62. The zero-order chi connectivity index (χ0) is 17.8. The number of carbonyl (C=O) groups excluding carboxylic acids is 2. The van der Waals surface area contributed by atoms with Crippen LogP contribution in [0.1, 0.15) is 48.9 Å². The summed E-state index contributed by atoms with van der Waals surface area (Å²) in [5.41, 5.74) is -0.000410. The second kappa shape index (κ2) is 8.17. The van der Waals surface area contributed by atoms with Crippen LogP contribution >= 0.6 is 11.6 Å². The summed E-state index contributed by atoms with van der Waals surface area (Å²) in [7, 11) is 0. The Kier molecular flexibility index (Phi) is 5.94. The van der Waals surface area contributed by atoms with Crippen molar-refractivity contribution < 1.29 is 14.0 Å². The van der Waals surface area contributed by atoms with Crippen LogP contribution < -0.4 is 0 Å². The summed E-state index contributed by atoms with van der Waals surface area (Å²) >= 11 is 5.89. The molecule has 0 bridgehead atoms. The van der Waals surface area contributed by atoms with Crippen LogP contribution in [0, 0.1) is 11.7 Å². The van der Waals surface area contributed by atoms with Crippen LogP contribution in [0.5, 0.6) is 0 Å². The summed E-state index contributed by atoms with van der Waals surface area (Å²) < 4.78 is 14.0. The van der Waals surface area contributed by atoms with Crippen LogP contribution in [-0.4, -0.2) is 47.8 Å². The van der Waals surface area contributed by atoms with E-state index in [0.29, 0.717) is 37.6 Å². The quantitative estimate of drug-likeness (QED) is 0.800. The van der Waals surface area contributed by atoms with Gasteiger partial charge in [-0.15, -0.1) is 0 Å². The molecule has 2 amide bonds. The Labute approximate surface area is 152 Å². The summed E-state index contributed by atoms with van der Waals surface area (Å²) in [6, 6.07) is 4.02. The van der Waals surface area contributed by atoms with Gasteiger partial charge in [-0.25, -0.2) is 4.39 Å². The summed E-state index contributed by atoms with van der Waals surface area (Å²) in [5.74, 6) is -0.551. The monoisotopic (exact) mass is 366 g/mol. The average molecular weight is 367 g/mol. The molecule has 1 heterocycles. The van der Waals surface area contributed by atoms with Crippen molar-refractivity contribution in [3.8, 4) is 0 Å². The highest BCUT2D eigenvalue weighted by Gasteiger charge is 2.29. The first-order valence-electron chi connectivity index (χ1n) is 9.09. The molecule has 1 aromatic carbocycles. The molecule has 1 aliphatic heterocycles. The van der Waals surface area contributed by atoms with Gasteiger partial charge in [-0.2, -0.15) is 0 Å². The molecule has 1 saturated heterocycles. The SMILES string of the molecule is O=C(c1cc(Cl)ccc1F)N1CCCN(C(=O)C2CCCCC2)CC1. The lowest BCUT2D eigenvalue weighted by Crippen LogP contribution is -2.40. The minimum Gasteiger partial charge on any atom is -0.341 e. The first kappa shape index (κ1) is 18.2. The second-order valence-corrected chi connectivity index (χ2v) is 7.37. The molecular weight excluding hydrogens is 343 g/mol. The number of nitrogens with zero attached hydrogens (tertiary/aromatic N) is 2. The molecular formula is C19H24ClFN2O2. The maximum Gasteiger partial charge on any atom is 0.256 e. The van der Waals surface area contributed by atoms with Crippen molar-refractivity contribution in [3.05, 3.63) is 34.6 Å². The van der Waals surface area contributed by atoms with E-state index in [1.165, 1.54) is 24.6 Å². The van der Waals surface area contributed by atoms with Gasteiger partial charge in [0, 0.05) is 37.1 Å². The zero-order valence-corrected chi connectivity index (χ0v) is 15.1. The van der Waals surface area contributed by atoms with Crippen LogP contribution in [-0.2, 0) is 4.79 Å². The van der Waals surface area contributed by atoms with Gasteiger partial charge in [0.1, 0.15) is 5.82 Å². The number of halogens is 2. The van der Waals surface area contributed by atoms with Crippen molar-refractivity contribution in [1.82, 2.24) is 9.80 Å². The highest BCUT2D eigenvalue weighted by Crippen LogP contribution is 2.26. The fourth-order valence-electron chi connectivity index (χ4n) is 3.78. The van der Waals surface area contributed by atoms with Gasteiger partial charge < -0.3 is 9.80 Å². The summed E-state index contributed by atoms with van der Waals surface area (Å²) in [5, 5.41) is 0.341. The van der Waals surface area contributed by atoms with Crippen molar-refractivity contribution in [3.63, 3.8) is 0 Å². The van der Waals surface area contributed by atoms with Gasteiger partial charge in [0.2, 0.25) is 5.91 Å². The van der Waals surface area contributed by atoms with Gasteiger partial charge in [0.15, 0.2) is 0 Å². The minimum absolute atomic E-state index is 0.000410. The number of benzene rings is 1. The molecule has 0 N–H and O–H groups in total. The van der Waals surface area contributed by atoms with Gasteiger partial charge in [-0.1, -0.05) is 30.9 Å². The Balaban J connectivity index is 1.64. The maximum atomic E-state index is 14.0. The van der Waals surface area contributed by atoms with Gasteiger partial charge in [0.05, 0.1) is 5.56 Å².